The number of benzene rings is 2. The molecule has 0 atom stereocenters. The van der Waals surface area contributed by atoms with Gasteiger partial charge < -0.3 is 11.1 Å². The lowest BCUT2D eigenvalue weighted by Gasteiger charge is -2.07. The van der Waals surface area contributed by atoms with E-state index in [1.807, 2.05) is 60.7 Å². The Morgan fingerprint density at radius 3 is 2.20 bits per heavy atom. The number of hydrogen-bond donors (Lipinski definition) is 3. The van der Waals surface area contributed by atoms with Gasteiger partial charge in [0.15, 0.2) is 5.96 Å². The third kappa shape index (κ3) is 7.82. The maximum Gasteiger partial charge on any atom is 0.213 e. The topological polar surface area (TPSA) is 96.6 Å². The smallest absolute Gasteiger partial charge is 0.213 e. The Kier molecular flexibility index (Phi) is 7.43. The highest BCUT2D eigenvalue weighted by atomic mass is 32.2. The summed E-state index contributed by atoms with van der Waals surface area (Å²) < 4.78 is 26.4. The van der Waals surface area contributed by atoms with Crippen molar-refractivity contribution in [1.82, 2.24) is 10.0 Å². The van der Waals surface area contributed by atoms with Crippen LogP contribution in [0.15, 0.2) is 65.7 Å². The van der Waals surface area contributed by atoms with Gasteiger partial charge in [-0.25, -0.2) is 13.1 Å². The van der Waals surface area contributed by atoms with Crippen molar-refractivity contribution in [2.75, 3.05) is 18.8 Å². The molecule has 0 aromatic heterocycles. The van der Waals surface area contributed by atoms with Crippen molar-refractivity contribution in [3.8, 4) is 0 Å². The van der Waals surface area contributed by atoms with E-state index in [-0.39, 0.29) is 24.8 Å². The Labute approximate surface area is 149 Å². The van der Waals surface area contributed by atoms with E-state index in [4.69, 9.17) is 5.73 Å². The number of guanidine groups is 1. The Hall–Kier alpha value is -2.38. The van der Waals surface area contributed by atoms with Crippen LogP contribution in [0.3, 0.4) is 0 Å². The van der Waals surface area contributed by atoms with Gasteiger partial charge in [0.05, 0.1) is 12.3 Å². The molecule has 134 valence electrons. The van der Waals surface area contributed by atoms with Crippen molar-refractivity contribution in [3.05, 3.63) is 71.8 Å². The summed E-state index contributed by atoms with van der Waals surface area (Å²) >= 11 is 0. The first-order chi connectivity index (χ1) is 12.1. The average Bonchev–Trinajstić information content (AvgIpc) is 2.62. The number of aliphatic imine (C=N–C) groups is 1. The molecule has 0 aliphatic carbocycles. The molecule has 0 aliphatic rings. The molecule has 0 spiro atoms. The standard InChI is InChI=1S/C18H24N4O2S/c19-18(20-12-11-16-7-3-1-4-8-16)21-13-14-25(23,24)22-15-17-9-5-2-6-10-17/h1-10,22H,11-15H2,(H3,19,20,21). The maximum atomic E-state index is 11.9. The minimum Gasteiger partial charge on any atom is -0.370 e. The van der Waals surface area contributed by atoms with Gasteiger partial charge >= 0.3 is 0 Å². The number of sulfonamides is 1. The van der Waals surface area contributed by atoms with Gasteiger partial charge in [-0.1, -0.05) is 60.7 Å². The van der Waals surface area contributed by atoms with E-state index >= 15 is 0 Å². The van der Waals surface area contributed by atoms with Gasteiger partial charge in [-0.3, -0.25) is 4.99 Å². The summed E-state index contributed by atoms with van der Waals surface area (Å²) in [4.78, 5) is 4.06. The summed E-state index contributed by atoms with van der Waals surface area (Å²) in [7, 11) is -3.38. The highest BCUT2D eigenvalue weighted by molar-refractivity contribution is 7.89. The van der Waals surface area contributed by atoms with E-state index in [9.17, 15) is 8.42 Å². The van der Waals surface area contributed by atoms with Crippen LogP contribution in [0.1, 0.15) is 11.1 Å². The summed E-state index contributed by atoms with van der Waals surface area (Å²) in [5.74, 6) is 0.162. The molecule has 0 aliphatic heterocycles. The lowest BCUT2D eigenvalue weighted by atomic mass is 10.1. The van der Waals surface area contributed by atoms with Crippen LogP contribution < -0.4 is 15.8 Å². The van der Waals surface area contributed by atoms with E-state index in [1.54, 1.807) is 0 Å². The molecule has 2 aromatic carbocycles. The van der Waals surface area contributed by atoms with Crippen LogP contribution in [-0.4, -0.2) is 33.2 Å². The fourth-order valence-corrected chi connectivity index (χ4v) is 3.05. The summed E-state index contributed by atoms with van der Waals surface area (Å²) in [6, 6.07) is 19.4. The normalized spacial score (nSPS) is 12.1. The number of nitrogens with one attached hydrogen (secondary N) is 2. The molecule has 0 unspecified atom stereocenters. The lowest BCUT2D eigenvalue weighted by Crippen LogP contribution is -2.34. The first-order valence-corrected chi connectivity index (χ1v) is 9.79. The minimum atomic E-state index is -3.38. The van der Waals surface area contributed by atoms with E-state index in [1.165, 1.54) is 5.56 Å². The predicted octanol–water partition coefficient (Wildman–Crippen LogP) is 1.25. The van der Waals surface area contributed by atoms with Crippen LogP contribution in [0.4, 0.5) is 0 Å². The van der Waals surface area contributed by atoms with Gasteiger partial charge in [0.2, 0.25) is 10.0 Å². The summed E-state index contributed by atoms with van der Waals surface area (Å²) in [6.45, 7) is 1.05. The molecule has 7 heteroatoms. The number of nitrogens with zero attached hydrogens (tertiary/aromatic N) is 1. The molecule has 25 heavy (non-hydrogen) atoms. The molecule has 0 heterocycles. The largest absolute Gasteiger partial charge is 0.370 e. The zero-order valence-electron chi connectivity index (χ0n) is 14.1. The second kappa shape index (κ2) is 9.80. The summed E-state index contributed by atoms with van der Waals surface area (Å²) in [6.07, 6.45) is 0.827. The quantitative estimate of drug-likeness (QED) is 0.463. The van der Waals surface area contributed by atoms with Crippen LogP contribution in [0.2, 0.25) is 0 Å². The van der Waals surface area contributed by atoms with Crippen molar-refractivity contribution in [1.29, 1.82) is 0 Å². The number of rotatable bonds is 9. The monoisotopic (exact) mass is 360 g/mol. The fraction of sp³-hybridized carbons (Fsp3) is 0.278. The summed E-state index contributed by atoms with van der Waals surface area (Å²) in [5.41, 5.74) is 7.87. The molecule has 2 aromatic rings. The van der Waals surface area contributed by atoms with Crippen LogP contribution in [0, 0.1) is 0 Å². The Balaban J connectivity index is 1.67. The highest BCUT2D eigenvalue weighted by Gasteiger charge is 2.09. The van der Waals surface area contributed by atoms with E-state index in [0.29, 0.717) is 6.54 Å². The molecule has 0 saturated carbocycles. The van der Waals surface area contributed by atoms with Gasteiger partial charge in [-0.2, -0.15) is 0 Å². The van der Waals surface area contributed by atoms with Crippen LogP contribution in [0.25, 0.3) is 0 Å². The van der Waals surface area contributed by atoms with E-state index < -0.39 is 10.0 Å². The third-order valence-electron chi connectivity index (χ3n) is 3.54. The molecule has 0 amide bonds. The van der Waals surface area contributed by atoms with Crippen molar-refractivity contribution in [2.45, 2.75) is 13.0 Å². The van der Waals surface area contributed by atoms with Gasteiger partial charge in [-0.15, -0.1) is 0 Å². The number of hydrogen-bond acceptors (Lipinski definition) is 3. The van der Waals surface area contributed by atoms with E-state index in [2.05, 4.69) is 15.0 Å². The average molecular weight is 360 g/mol. The lowest BCUT2D eigenvalue weighted by molar-refractivity contribution is 0.581. The first kappa shape index (κ1) is 19.0. The van der Waals surface area contributed by atoms with Crippen LogP contribution in [-0.2, 0) is 23.0 Å². The molecule has 6 nitrogen and oxygen atoms in total. The van der Waals surface area contributed by atoms with Crippen molar-refractivity contribution < 1.29 is 8.42 Å². The van der Waals surface area contributed by atoms with Crippen LogP contribution >= 0.6 is 0 Å². The Morgan fingerprint density at radius 1 is 0.960 bits per heavy atom. The van der Waals surface area contributed by atoms with E-state index in [0.717, 1.165) is 12.0 Å². The molecular formula is C18H24N4O2S. The maximum absolute atomic E-state index is 11.9. The molecule has 0 radical (unpaired) electrons. The second-order valence-corrected chi connectivity index (χ2v) is 7.48. The Bertz CT molecular complexity index is 762. The van der Waals surface area contributed by atoms with Crippen molar-refractivity contribution in [3.63, 3.8) is 0 Å². The zero-order valence-corrected chi connectivity index (χ0v) is 14.9. The highest BCUT2D eigenvalue weighted by Crippen LogP contribution is 1.99. The molecule has 2 rings (SSSR count). The molecule has 0 bridgehead atoms. The molecular weight excluding hydrogens is 336 g/mol. The Morgan fingerprint density at radius 2 is 1.56 bits per heavy atom. The number of nitrogens with two attached hydrogens (primary N) is 1. The van der Waals surface area contributed by atoms with Gasteiger partial charge in [0.1, 0.15) is 0 Å². The fourth-order valence-electron chi connectivity index (χ4n) is 2.18. The first-order valence-electron chi connectivity index (χ1n) is 8.14. The van der Waals surface area contributed by atoms with Crippen molar-refractivity contribution in [2.24, 2.45) is 10.7 Å². The minimum absolute atomic E-state index is 0.0963. The van der Waals surface area contributed by atoms with Gasteiger partial charge in [0, 0.05) is 13.1 Å². The zero-order chi connectivity index (χ0) is 18.0. The SMILES string of the molecule is NC(=NCCS(=O)(=O)NCc1ccccc1)NCCc1ccccc1. The molecule has 0 fully saturated rings. The third-order valence-corrected chi connectivity index (χ3v) is 4.85. The predicted molar refractivity (Wildman–Crippen MR) is 102 cm³/mol. The molecule has 4 N–H and O–H groups in total. The van der Waals surface area contributed by atoms with Gasteiger partial charge in [0.25, 0.3) is 0 Å². The van der Waals surface area contributed by atoms with Crippen LogP contribution in [0.5, 0.6) is 0 Å². The van der Waals surface area contributed by atoms with Gasteiger partial charge in [-0.05, 0) is 17.5 Å². The summed E-state index contributed by atoms with van der Waals surface area (Å²) in [5, 5.41) is 2.99. The second-order valence-electron chi connectivity index (χ2n) is 5.55. The molecule has 0 saturated heterocycles. The van der Waals surface area contributed by atoms with Crippen molar-refractivity contribution >= 4 is 16.0 Å².